The molecule has 0 saturated heterocycles. The van der Waals surface area contributed by atoms with Gasteiger partial charge in [-0.15, -0.1) is 10.2 Å². The van der Waals surface area contributed by atoms with Crippen molar-refractivity contribution in [1.82, 2.24) is 20.8 Å². The highest BCUT2D eigenvalue weighted by molar-refractivity contribution is 7.15. The van der Waals surface area contributed by atoms with E-state index in [0.29, 0.717) is 23.9 Å². The molecule has 3 aromatic rings. The van der Waals surface area contributed by atoms with E-state index in [4.69, 9.17) is 11.5 Å². The van der Waals surface area contributed by atoms with E-state index < -0.39 is 0 Å². The highest BCUT2D eigenvalue weighted by Gasteiger charge is 2.08. The number of carbonyl (C=O) groups excluding carboxylic acids is 2. The lowest BCUT2D eigenvalue weighted by molar-refractivity contribution is -0.107. The Balaban J connectivity index is 0.000000449. The first-order valence-electron chi connectivity index (χ1n) is 12.0. The van der Waals surface area contributed by atoms with Gasteiger partial charge < -0.3 is 26.9 Å². The summed E-state index contributed by atoms with van der Waals surface area (Å²) in [6, 6.07) is 19.1. The van der Waals surface area contributed by atoms with E-state index in [2.05, 4.69) is 26.1 Å². The zero-order valence-electron chi connectivity index (χ0n) is 21.0. The number of nitrogens with one attached hydrogen (secondary N) is 3. The standard InChI is InChI=1S/C19H27N7OS.C8H8O/c1-22-16(21)12-11-15(20)9-5-6-10-17-25-26-19(28-17)24-18(27)23-13-14-7-3-2-4-8-14;9-7-6-8-4-2-1-3-5-8/h2-4,7-8,11-12,22H,5-6,9-10,13,20-21H2,1H3,(H2,23,24,26,27);1-5,7H,6H2/b15-11-,16-12+;. The van der Waals surface area contributed by atoms with Gasteiger partial charge in [0.2, 0.25) is 5.13 Å². The topological polar surface area (TPSA) is 148 Å². The van der Waals surface area contributed by atoms with Gasteiger partial charge in [0.15, 0.2) is 0 Å². The van der Waals surface area contributed by atoms with Crippen molar-refractivity contribution >= 4 is 28.8 Å². The van der Waals surface area contributed by atoms with Crippen molar-refractivity contribution in [3.05, 3.63) is 100 Å². The molecule has 7 N–H and O–H groups in total. The smallest absolute Gasteiger partial charge is 0.321 e. The third-order valence-corrected chi connectivity index (χ3v) is 5.92. The Morgan fingerprint density at radius 1 is 0.946 bits per heavy atom. The summed E-state index contributed by atoms with van der Waals surface area (Å²) in [5.41, 5.74) is 14.5. The molecule has 1 heterocycles. The number of aryl methyl sites for hydroxylation is 1. The van der Waals surface area contributed by atoms with Crippen molar-refractivity contribution < 1.29 is 9.59 Å². The molecule has 0 aliphatic heterocycles. The van der Waals surface area contributed by atoms with Crippen LogP contribution in [0.1, 0.15) is 35.4 Å². The van der Waals surface area contributed by atoms with Crippen LogP contribution < -0.4 is 27.4 Å². The second-order valence-electron chi connectivity index (χ2n) is 7.97. The molecule has 37 heavy (non-hydrogen) atoms. The Morgan fingerprint density at radius 3 is 2.27 bits per heavy atom. The molecule has 9 nitrogen and oxygen atoms in total. The van der Waals surface area contributed by atoms with E-state index in [1.807, 2.05) is 66.7 Å². The molecule has 0 radical (unpaired) electrons. The van der Waals surface area contributed by atoms with Gasteiger partial charge in [0, 0.05) is 32.1 Å². The minimum Gasteiger partial charge on any atom is -0.402 e. The first-order chi connectivity index (χ1) is 18.0. The third kappa shape index (κ3) is 12.9. The van der Waals surface area contributed by atoms with Crippen LogP contribution in [0.25, 0.3) is 0 Å². The van der Waals surface area contributed by atoms with Crippen LogP contribution in [0.4, 0.5) is 9.93 Å². The van der Waals surface area contributed by atoms with Crippen LogP contribution in [0.3, 0.4) is 0 Å². The van der Waals surface area contributed by atoms with Gasteiger partial charge in [0.1, 0.15) is 11.3 Å². The molecule has 0 aliphatic carbocycles. The molecule has 0 atom stereocenters. The maximum absolute atomic E-state index is 11.9. The lowest BCUT2D eigenvalue weighted by Gasteiger charge is -2.04. The van der Waals surface area contributed by atoms with Crippen LogP contribution in [0.5, 0.6) is 0 Å². The van der Waals surface area contributed by atoms with Crippen molar-refractivity contribution in [2.75, 3.05) is 12.4 Å². The second-order valence-corrected chi connectivity index (χ2v) is 9.03. The van der Waals surface area contributed by atoms with E-state index in [1.54, 1.807) is 13.1 Å². The fraction of sp³-hybridized carbons (Fsp3) is 0.259. The maximum Gasteiger partial charge on any atom is 0.321 e. The highest BCUT2D eigenvalue weighted by atomic mass is 32.1. The van der Waals surface area contributed by atoms with Gasteiger partial charge in [-0.3, -0.25) is 5.32 Å². The van der Waals surface area contributed by atoms with Gasteiger partial charge in [0.05, 0.1) is 5.82 Å². The summed E-state index contributed by atoms with van der Waals surface area (Å²) in [6.45, 7) is 0.461. The molecule has 0 bridgehead atoms. The van der Waals surface area contributed by atoms with E-state index in [0.717, 1.165) is 53.8 Å². The number of urea groups is 1. The predicted octanol–water partition coefficient (Wildman–Crippen LogP) is 3.86. The first kappa shape index (κ1) is 29.1. The molecule has 0 saturated carbocycles. The van der Waals surface area contributed by atoms with Crippen molar-refractivity contribution in [3.8, 4) is 0 Å². The first-order valence-corrected chi connectivity index (χ1v) is 12.8. The number of aromatic nitrogens is 2. The summed E-state index contributed by atoms with van der Waals surface area (Å²) in [7, 11) is 1.76. The fourth-order valence-electron chi connectivity index (χ4n) is 3.00. The molecule has 2 aromatic carbocycles. The van der Waals surface area contributed by atoms with Crippen molar-refractivity contribution in [2.45, 2.75) is 38.6 Å². The number of nitrogens with two attached hydrogens (primary N) is 2. The number of hydrogen-bond acceptors (Lipinski definition) is 8. The summed E-state index contributed by atoms with van der Waals surface area (Å²) < 4.78 is 0. The number of benzene rings is 2. The molecule has 1 aromatic heterocycles. The Morgan fingerprint density at radius 2 is 1.62 bits per heavy atom. The average molecular weight is 522 g/mol. The zero-order chi connectivity index (χ0) is 26.7. The second kappa shape index (κ2) is 17.3. The van der Waals surface area contributed by atoms with Crippen LogP contribution >= 0.6 is 11.3 Å². The van der Waals surface area contributed by atoms with Gasteiger partial charge in [-0.1, -0.05) is 72.0 Å². The van der Waals surface area contributed by atoms with Gasteiger partial charge in [0.25, 0.3) is 0 Å². The van der Waals surface area contributed by atoms with Crippen molar-refractivity contribution in [1.29, 1.82) is 0 Å². The molecule has 3 rings (SSSR count). The molecule has 0 unspecified atom stereocenters. The third-order valence-electron chi connectivity index (χ3n) is 5.02. The maximum atomic E-state index is 11.9. The molecular weight excluding hydrogens is 486 g/mol. The van der Waals surface area contributed by atoms with Gasteiger partial charge >= 0.3 is 6.03 Å². The molecular formula is C27H35N7O2S. The minimum absolute atomic E-state index is 0.293. The summed E-state index contributed by atoms with van der Waals surface area (Å²) in [6.07, 6.45) is 8.47. The predicted molar refractivity (Wildman–Crippen MR) is 150 cm³/mol. The van der Waals surface area contributed by atoms with E-state index >= 15 is 0 Å². The Kier molecular flexibility index (Phi) is 13.6. The van der Waals surface area contributed by atoms with Crippen LogP contribution in [0, 0.1) is 0 Å². The Labute approximate surface area is 222 Å². The summed E-state index contributed by atoms with van der Waals surface area (Å²) in [5, 5.41) is 17.9. The molecule has 0 spiro atoms. The summed E-state index contributed by atoms with van der Waals surface area (Å²) >= 11 is 1.38. The van der Waals surface area contributed by atoms with Crippen LogP contribution in [0.15, 0.2) is 84.3 Å². The Hall–Kier alpha value is -4.18. The molecule has 196 valence electrons. The lowest BCUT2D eigenvalue weighted by Crippen LogP contribution is -2.28. The number of aldehydes is 1. The van der Waals surface area contributed by atoms with Crippen molar-refractivity contribution in [3.63, 3.8) is 0 Å². The molecule has 0 fully saturated rings. The van der Waals surface area contributed by atoms with Gasteiger partial charge in [-0.2, -0.15) is 0 Å². The highest BCUT2D eigenvalue weighted by Crippen LogP contribution is 2.18. The van der Waals surface area contributed by atoms with Gasteiger partial charge in [-0.05, 0) is 42.5 Å². The SMILES string of the molecule is CN/C(N)=C/C=C(\N)CCCCc1nnc(NC(=O)NCc2ccccc2)s1.O=CCc1ccccc1. The quantitative estimate of drug-likeness (QED) is 0.138. The zero-order valence-corrected chi connectivity index (χ0v) is 21.8. The number of carbonyl (C=O) groups is 2. The number of nitrogens with zero attached hydrogens (tertiary/aromatic N) is 2. The number of unbranched alkanes of at least 4 members (excludes halogenated alkanes) is 1. The van der Waals surface area contributed by atoms with E-state index in [9.17, 15) is 9.59 Å². The number of amides is 2. The number of rotatable bonds is 12. The van der Waals surface area contributed by atoms with Crippen LogP contribution in [0.2, 0.25) is 0 Å². The molecule has 0 aliphatic rings. The average Bonchev–Trinajstić information content (AvgIpc) is 3.37. The number of allylic oxidation sites excluding steroid dienone is 3. The lowest BCUT2D eigenvalue weighted by atomic mass is 10.1. The number of anilines is 1. The van der Waals surface area contributed by atoms with E-state index in [1.165, 1.54) is 11.3 Å². The van der Waals surface area contributed by atoms with Crippen LogP contribution in [-0.4, -0.2) is 29.6 Å². The van der Waals surface area contributed by atoms with Crippen LogP contribution in [-0.2, 0) is 24.2 Å². The summed E-state index contributed by atoms with van der Waals surface area (Å²) in [4.78, 5) is 21.9. The molecule has 10 heteroatoms. The number of hydrogen-bond donors (Lipinski definition) is 5. The largest absolute Gasteiger partial charge is 0.402 e. The van der Waals surface area contributed by atoms with E-state index in [-0.39, 0.29) is 6.03 Å². The Bertz CT molecular complexity index is 1130. The minimum atomic E-state index is -0.293. The molecule has 2 amide bonds. The normalized spacial score (nSPS) is 11.2. The summed E-state index contributed by atoms with van der Waals surface area (Å²) in [5.74, 6) is 0.574. The fourth-order valence-corrected chi connectivity index (χ4v) is 3.78. The van der Waals surface area contributed by atoms with Gasteiger partial charge in [-0.25, -0.2) is 4.79 Å². The van der Waals surface area contributed by atoms with Crippen molar-refractivity contribution in [2.24, 2.45) is 11.5 Å². The monoisotopic (exact) mass is 521 g/mol.